The molecule has 2 aromatic rings. The van der Waals surface area contributed by atoms with Crippen LogP contribution in [0.5, 0.6) is 0 Å². The van der Waals surface area contributed by atoms with Gasteiger partial charge in [0.15, 0.2) is 0 Å². The third-order valence-electron chi connectivity index (χ3n) is 2.41. The van der Waals surface area contributed by atoms with E-state index in [-0.39, 0.29) is 0 Å². The van der Waals surface area contributed by atoms with Crippen LogP contribution in [-0.4, -0.2) is 5.11 Å². The first-order chi connectivity index (χ1) is 8.47. The molecule has 0 bridgehead atoms. The van der Waals surface area contributed by atoms with E-state index >= 15 is 0 Å². The van der Waals surface area contributed by atoms with Crippen molar-refractivity contribution in [1.29, 1.82) is 0 Å². The molecule has 0 aliphatic carbocycles. The van der Waals surface area contributed by atoms with Crippen LogP contribution in [0.1, 0.15) is 16.5 Å². The number of aliphatic hydroxyl groups excluding tert-OH is 1. The molecule has 0 saturated heterocycles. The Kier molecular flexibility index (Phi) is 5.14. The van der Waals surface area contributed by atoms with E-state index in [2.05, 4.69) is 31.9 Å². The molecular formula is C12H8Br2Cl2OS. The summed E-state index contributed by atoms with van der Waals surface area (Å²) < 4.78 is 1.91. The highest BCUT2D eigenvalue weighted by molar-refractivity contribution is 9.13. The summed E-state index contributed by atoms with van der Waals surface area (Å²) in [5.74, 6) is 0. The molecule has 1 N–H and O–H groups in total. The lowest BCUT2D eigenvalue weighted by molar-refractivity contribution is 0.182. The smallest absolute Gasteiger partial charge is 0.0923 e. The summed E-state index contributed by atoms with van der Waals surface area (Å²) in [6.45, 7) is 0. The second kappa shape index (κ2) is 6.25. The zero-order valence-corrected chi connectivity index (χ0v) is 14.5. The second-order valence-electron chi connectivity index (χ2n) is 3.73. The van der Waals surface area contributed by atoms with Crippen molar-refractivity contribution in [2.24, 2.45) is 0 Å². The Labute approximate surface area is 136 Å². The zero-order valence-electron chi connectivity index (χ0n) is 8.96. The van der Waals surface area contributed by atoms with Crippen molar-refractivity contribution in [1.82, 2.24) is 0 Å². The van der Waals surface area contributed by atoms with Crippen LogP contribution in [0.25, 0.3) is 0 Å². The van der Waals surface area contributed by atoms with Gasteiger partial charge in [-0.05, 0) is 61.7 Å². The minimum atomic E-state index is -0.589. The predicted molar refractivity (Wildman–Crippen MR) is 84.8 cm³/mol. The van der Waals surface area contributed by atoms with Gasteiger partial charge < -0.3 is 5.11 Å². The molecule has 0 amide bonds. The van der Waals surface area contributed by atoms with Gasteiger partial charge in [-0.2, -0.15) is 0 Å². The van der Waals surface area contributed by atoms with E-state index in [1.54, 1.807) is 18.2 Å². The number of hydrogen-bond donors (Lipinski definition) is 1. The minimum Gasteiger partial charge on any atom is -0.387 e. The zero-order chi connectivity index (χ0) is 13.3. The number of halogens is 4. The molecule has 0 aliphatic rings. The summed E-state index contributed by atoms with van der Waals surface area (Å²) in [5, 5.41) is 11.4. The van der Waals surface area contributed by atoms with E-state index in [0.717, 1.165) is 18.7 Å². The molecule has 96 valence electrons. The van der Waals surface area contributed by atoms with Gasteiger partial charge in [-0.1, -0.05) is 23.2 Å². The van der Waals surface area contributed by atoms with Gasteiger partial charge in [-0.25, -0.2) is 0 Å². The number of benzene rings is 1. The van der Waals surface area contributed by atoms with Crippen molar-refractivity contribution in [3.63, 3.8) is 0 Å². The van der Waals surface area contributed by atoms with E-state index < -0.39 is 6.10 Å². The van der Waals surface area contributed by atoms with Crippen LogP contribution in [0.15, 0.2) is 32.5 Å². The van der Waals surface area contributed by atoms with Crippen molar-refractivity contribution in [3.05, 3.63) is 53.0 Å². The molecule has 2 rings (SSSR count). The standard InChI is InChI=1S/C12H8Br2Cl2OS/c13-8-5-11(18-12(8)14)10(17)4-6-3-7(15)1-2-9(6)16/h1-3,5,10,17H,4H2. The summed E-state index contributed by atoms with van der Waals surface area (Å²) in [5.41, 5.74) is 0.845. The molecular weight excluding hydrogens is 423 g/mol. The van der Waals surface area contributed by atoms with Crippen LogP contribution in [0.3, 0.4) is 0 Å². The Bertz CT molecular complexity index is 552. The van der Waals surface area contributed by atoms with Gasteiger partial charge in [-0.15, -0.1) is 11.3 Å². The van der Waals surface area contributed by atoms with Crippen LogP contribution >= 0.6 is 66.4 Å². The molecule has 1 heterocycles. The maximum atomic E-state index is 10.2. The first-order valence-corrected chi connectivity index (χ1v) is 8.20. The molecule has 18 heavy (non-hydrogen) atoms. The van der Waals surface area contributed by atoms with Crippen molar-refractivity contribution in [2.45, 2.75) is 12.5 Å². The molecule has 1 aromatic carbocycles. The van der Waals surface area contributed by atoms with Gasteiger partial charge in [0.1, 0.15) is 0 Å². The monoisotopic (exact) mass is 428 g/mol. The van der Waals surface area contributed by atoms with Gasteiger partial charge in [0, 0.05) is 25.8 Å². The third kappa shape index (κ3) is 3.50. The number of rotatable bonds is 3. The summed E-state index contributed by atoms with van der Waals surface area (Å²) in [6, 6.07) is 7.16. The number of thiophene rings is 1. The molecule has 1 atom stereocenters. The number of aliphatic hydroxyl groups is 1. The summed E-state index contributed by atoms with van der Waals surface area (Å²) in [4.78, 5) is 0.879. The molecule has 0 spiro atoms. The van der Waals surface area contributed by atoms with Crippen molar-refractivity contribution < 1.29 is 5.11 Å². The van der Waals surface area contributed by atoms with Crippen LogP contribution in [-0.2, 0) is 6.42 Å². The number of hydrogen-bond acceptors (Lipinski definition) is 2. The quantitative estimate of drug-likeness (QED) is 0.647. The van der Waals surface area contributed by atoms with Crippen molar-refractivity contribution in [3.8, 4) is 0 Å². The summed E-state index contributed by atoms with van der Waals surface area (Å²) in [6.07, 6.45) is -0.146. The van der Waals surface area contributed by atoms with E-state index in [1.165, 1.54) is 11.3 Å². The van der Waals surface area contributed by atoms with Gasteiger partial charge in [0.25, 0.3) is 0 Å². The normalized spacial score (nSPS) is 12.7. The van der Waals surface area contributed by atoms with Gasteiger partial charge in [0.05, 0.1) is 9.89 Å². The molecule has 1 aromatic heterocycles. The molecule has 1 unspecified atom stereocenters. The van der Waals surface area contributed by atoms with Gasteiger partial charge in [0.2, 0.25) is 0 Å². The van der Waals surface area contributed by atoms with E-state index in [0.29, 0.717) is 16.5 Å². The Morgan fingerprint density at radius 3 is 2.56 bits per heavy atom. The molecule has 1 nitrogen and oxygen atoms in total. The maximum absolute atomic E-state index is 10.2. The lowest BCUT2D eigenvalue weighted by Crippen LogP contribution is -2.00. The topological polar surface area (TPSA) is 20.2 Å². The minimum absolute atomic E-state index is 0.443. The van der Waals surface area contributed by atoms with E-state index in [4.69, 9.17) is 23.2 Å². The first-order valence-electron chi connectivity index (χ1n) is 5.04. The van der Waals surface area contributed by atoms with Crippen molar-refractivity contribution in [2.75, 3.05) is 0 Å². The second-order valence-corrected chi connectivity index (χ2v) is 7.83. The Morgan fingerprint density at radius 1 is 1.22 bits per heavy atom. The van der Waals surface area contributed by atoms with Gasteiger partial charge in [-0.3, -0.25) is 0 Å². The third-order valence-corrected chi connectivity index (χ3v) is 6.37. The highest BCUT2D eigenvalue weighted by atomic mass is 79.9. The largest absolute Gasteiger partial charge is 0.387 e. The predicted octanol–water partition coefficient (Wildman–Crippen LogP) is 5.86. The van der Waals surface area contributed by atoms with Gasteiger partial charge >= 0.3 is 0 Å². The van der Waals surface area contributed by atoms with Crippen LogP contribution in [0.4, 0.5) is 0 Å². The molecule has 0 aliphatic heterocycles. The lowest BCUT2D eigenvalue weighted by Gasteiger charge is -2.10. The fourth-order valence-electron chi connectivity index (χ4n) is 1.54. The molecule has 0 radical (unpaired) electrons. The van der Waals surface area contributed by atoms with E-state index in [9.17, 15) is 5.11 Å². The maximum Gasteiger partial charge on any atom is 0.0923 e. The average Bonchev–Trinajstić information content (AvgIpc) is 2.64. The Balaban J connectivity index is 2.20. The summed E-state index contributed by atoms with van der Waals surface area (Å²) >= 11 is 20.3. The highest BCUT2D eigenvalue weighted by Crippen LogP contribution is 2.37. The highest BCUT2D eigenvalue weighted by Gasteiger charge is 2.15. The van der Waals surface area contributed by atoms with Crippen LogP contribution in [0, 0.1) is 0 Å². The molecule has 0 saturated carbocycles. The fourth-order valence-corrected chi connectivity index (χ4v) is 4.00. The fraction of sp³-hybridized carbons (Fsp3) is 0.167. The average molecular weight is 431 g/mol. The van der Waals surface area contributed by atoms with E-state index in [1.807, 2.05) is 6.07 Å². The van der Waals surface area contributed by atoms with Crippen molar-refractivity contribution >= 4 is 66.4 Å². The molecule has 6 heteroatoms. The first kappa shape index (κ1) is 14.8. The summed E-state index contributed by atoms with van der Waals surface area (Å²) in [7, 11) is 0. The SMILES string of the molecule is OC(Cc1cc(Cl)ccc1Cl)c1cc(Br)c(Br)s1. The Morgan fingerprint density at radius 2 is 1.94 bits per heavy atom. The van der Waals surface area contributed by atoms with Crippen LogP contribution < -0.4 is 0 Å². The van der Waals surface area contributed by atoms with Crippen LogP contribution in [0.2, 0.25) is 10.0 Å². The Hall–Kier alpha value is 0.420. The lowest BCUT2D eigenvalue weighted by atomic mass is 10.1. The molecule has 0 fully saturated rings.